The van der Waals surface area contributed by atoms with Crippen LogP contribution in [0.2, 0.25) is 0 Å². The van der Waals surface area contributed by atoms with E-state index in [9.17, 15) is 9.18 Å². The summed E-state index contributed by atoms with van der Waals surface area (Å²) in [6, 6.07) is 14.2. The van der Waals surface area contributed by atoms with Crippen LogP contribution in [0, 0.1) is 5.82 Å². The number of hydrogen-bond donors (Lipinski definition) is 1. The number of nitrogens with zero attached hydrogens (tertiary/aromatic N) is 1. The van der Waals surface area contributed by atoms with Crippen LogP contribution in [-0.4, -0.2) is 32.1 Å². The number of benzene rings is 2. The number of ether oxygens (including phenoxy) is 1. The van der Waals surface area contributed by atoms with Gasteiger partial charge in [0.15, 0.2) is 0 Å². The minimum atomic E-state index is -0.343. The molecule has 0 atom stereocenters. The Morgan fingerprint density at radius 3 is 2.83 bits per heavy atom. The zero-order valence-corrected chi connectivity index (χ0v) is 12.8. The maximum absolute atomic E-state index is 13.5. The van der Waals surface area contributed by atoms with E-state index in [1.165, 1.54) is 6.07 Å². The lowest BCUT2D eigenvalue weighted by molar-refractivity contribution is -0.120. The van der Waals surface area contributed by atoms with Crippen molar-refractivity contribution in [1.82, 2.24) is 5.32 Å². The van der Waals surface area contributed by atoms with Crippen molar-refractivity contribution in [1.29, 1.82) is 0 Å². The summed E-state index contributed by atoms with van der Waals surface area (Å²) in [6.07, 6.45) is 0.0619. The van der Waals surface area contributed by atoms with E-state index in [0.717, 1.165) is 18.0 Å². The van der Waals surface area contributed by atoms with E-state index in [1.54, 1.807) is 18.2 Å². The topological polar surface area (TPSA) is 41.6 Å². The molecule has 0 aliphatic carbocycles. The fourth-order valence-electron chi connectivity index (χ4n) is 2.67. The summed E-state index contributed by atoms with van der Waals surface area (Å²) in [5, 5.41) is 2.85. The molecule has 1 aliphatic heterocycles. The van der Waals surface area contributed by atoms with Gasteiger partial charge < -0.3 is 15.0 Å². The van der Waals surface area contributed by atoms with Crippen LogP contribution < -0.4 is 15.0 Å². The first-order valence-electron chi connectivity index (χ1n) is 7.71. The highest BCUT2D eigenvalue weighted by molar-refractivity contribution is 5.78. The van der Waals surface area contributed by atoms with E-state index >= 15 is 0 Å². The number of nitrogens with one attached hydrogen (secondary N) is 1. The van der Waals surface area contributed by atoms with Crippen molar-refractivity contribution in [2.75, 3.05) is 31.1 Å². The fourth-order valence-corrected chi connectivity index (χ4v) is 2.67. The van der Waals surface area contributed by atoms with E-state index in [4.69, 9.17) is 4.74 Å². The van der Waals surface area contributed by atoms with Gasteiger partial charge in [0.25, 0.3) is 0 Å². The molecule has 4 nitrogen and oxygen atoms in total. The van der Waals surface area contributed by atoms with Crippen molar-refractivity contribution < 1.29 is 13.9 Å². The number of carbonyl (C=O) groups is 1. The van der Waals surface area contributed by atoms with Gasteiger partial charge in [-0.05, 0) is 23.8 Å². The van der Waals surface area contributed by atoms with Crippen molar-refractivity contribution in [3.05, 3.63) is 59.9 Å². The predicted octanol–water partition coefficient (Wildman–Crippen LogP) is 2.38. The molecule has 0 fully saturated rings. The highest BCUT2D eigenvalue weighted by Gasteiger charge is 2.17. The van der Waals surface area contributed by atoms with E-state index < -0.39 is 0 Å². The molecule has 1 N–H and O–H groups in total. The molecule has 0 unspecified atom stereocenters. The second-order valence-corrected chi connectivity index (χ2v) is 5.42. The molecule has 23 heavy (non-hydrogen) atoms. The quantitative estimate of drug-likeness (QED) is 0.921. The van der Waals surface area contributed by atoms with E-state index in [1.807, 2.05) is 24.3 Å². The third-order valence-corrected chi connectivity index (χ3v) is 3.84. The van der Waals surface area contributed by atoms with Crippen molar-refractivity contribution in [3.63, 3.8) is 0 Å². The van der Waals surface area contributed by atoms with Gasteiger partial charge in [0, 0.05) is 13.1 Å². The molecule has 0 bridgehead atoms. The molecule has 1 amide bonds. The van der Waals surface area contributed by atoms with Crippen LogP contribution in [0.5, 0.6) is 5.75 Å². The highest BCUT2D eigenvalue weighted by atomic mass is 19.1. The first-order chi connectivity index (χ1) is 11.2. The third-order valence-electron chi connectivity index (χ3n) is 3.84. The van der Waals surface area contributed by atoms with Gasteiger partial charge in [-0.1, -0.05) is 30.3 Å². The predicted molar refractivity (Wildman–Crippen MR) is 87.3 cm³/mol. The number of rotatable bonds is 5. The third kappa shape index (κ3) is 3.80. The molecule has 0 aromatic heterocycles. The maximum Gasteiger partial charge on any atom is 0.224 e. The molecule has 3 rings (SSSR count). The molecule has 5 heteroatoms. The zero-order valence-electron chi connectivity index (χ0n) is 12.8. The number of halogens is 1. The summed E-state index contributed by atoms with van der Waals surface area (Å²) in [5.41, 5.74) is 1.46. The summed E-state index contributed by atoms with van der Waals surface area (Å²) in [4.78, 5) is 14.1. The lowest BCUT2D eigenvalue weighted by Crippen LogP contribution is -2.39. The van der Waals surface area contributed by atoms with Gasteiger partial charge in [-0.2, -0.15) is 0 Å². The number of amides is 1. The number of para-hydroxylation sites is 2. The van der Waals surface area contributed by atoms with Crippen molar-refractivity contribution >= 4 is 11.6 Å². The molecule has 2 aromatic carbocycles. The Balaban J connectivity index is 1.50. The average molecular weight is 314 g/mol. The smallest absolute Gasteiger partial charge is 0.224 e. The van der Waals surface area contributed by atoms with Crippen molar-refractivity contribution in [2.24, 2.45) is 0 Å². The van der Waals surface area contributed by atoms with E-state index in [2.05, 4.69) is 10.2 Å². The molecular formula is C18H19FN2O2. The summed E-state index contributed by atoms with van der Waals surface area (Å²) in [5.74, 6) is 0.359. The summed E-state index contributed by atoms with van der Waals surface area (Å²) < 4.78 is 19.1. The van der Waals surface area contributed by atoms with Gasteiger partial charge in [-0.25, -0.2) is 4.39 Å². The Morgan fingerprint density at radius 1 is 1.17 bits per heavy atom. The fraction of sp³-hybridized carbons (Fsp3) is 0.278. The molecule has 1 heterocycles. The lowest BCUT2D eigenvalue weighted by atomic mass is 10.1. The van der Waals surface area contributed by atoms with Crippen LogP contribution in [0.3, 0.4) is 0 Å². The summed E-state index contributed by atoms with van der Waals surface area (Å²) in [7, 11) is 0. The van der Waals surface area contributed by atoms with Crippen LogP contribution in [0.25, 0.3) is 0 Å². The first kappa shape index (κ1) is 15.3. The summed E-state index contributed by atoms with van der Waals surface area (Å²) in [6.45, 7) is 2.64. The van der Waals surface area contributed by atoms with Crippen LogP contribution >= 0.6 is 0 Å². The molecule has 0 saturated heterocycles. The van der Waals surface area contributed by atoms with Gasteiger partial charge in [-0.3, -0.25) is 4.79 Å². The van der Waals surface area contributed by atoms with Gasteiger partial charge in [0.05, 0.1) is 18.7 Å². The lowest BCUT2D eigenvalue weighted by Gasteiger charge is -2.31. The Labute approximate surface area is 134 Å². The van der Waals surface area contributed by atoms with Crippen LogP contribution in [0.15, 0.2) is 48.5 Å². The monoisotopic (exact) mass is 314 g/mol. The number of carbonyl (C=O) groups excluding carboxylic acids is 1. The van der Waals surface area contributed by atoms with Crippen molar-refractivity contribution in [2.45, 2.75) is 6.42 Å². The van der Waals surface area contributed by atoms with Crippen LogP contribution in [-0.2, 0) is 11.2 Å². The molecule has 0 spiro atoms. The van der Waals surface area contributed by atoms with Gasteiger partial charge >= 0.3 is 0 Å². The van der Waals surface area contributed by atoms with Crippen LogP contribution in [0.1, 0.15) is 5.56 Å². The van der Waals surface area contributed by atoms with E-state index in [-0.39, 0.29) is 18.1 Å². The first-order valence-corrected chi connectivity index (χ1v) is 7.71. The van der Waals surface area contributed by atoms with Gasteiger partial charge in [0.1, 0.15) is 18.2 Å². The molecule has 120 valence electrons. The zero-order chi connectivity index (χ0) is 16.1. The molecule has 0 saturated carbocycles. The maximum atomic E-state index is 13.5. The molecule has 2 aromatic rings. The highest BCUT2D eigenvalue weighted by Crippen LogP contribution is 2.30. The minimum Gasteiger partial charge on any atom is -0.490 e. The Hall–Kier alpha value is -2.56. The number of anilines is 1. The van der Waals surface area contributed by atoms with Crippen molar-refractivity contribution in [3.8, 4) is 5.75 Å². The van der Waals surface area contributed by atoms with Gasteiger partial charge in [-0.15, -0.1) is 0 Å². The molecular weight excluding hydrogens is 295 g/mol. The van der Waals surface area contributed by atoms with Gasteiger partial charge in [0.2, 0.25) is 5.91 Å². The molecule has 1 aliphatic rings. The largest absolute Gasteiger partial charge is 0.490 e. The second kappa shape index (κ2) is 7.13. The molecule has 0 radical (unpaired) electrons. The van der Waals surface area contributed by atoms with Crippen LogP contribution in [0.4, 0.5) is 10.1 Å². The standard InChI is InChI=1S/C18H19FN2O2/c19-15-6-2-1-5-14(15)13-18(22)20-9-10-21-11-12-23-17-8-4-3-7-16(17)21/h1-8H,9-13H2,(H,20,22). The number of hydrogen-bond acceptors (Lipinski definition) is 3. The SMILES string of the molecule is O=C(Cc1ccccc1F)NCCN1CCOc2ccccc21. The average Bonchev–Trinajstić information content (AvgIpc) is 2.57. The number of fused-ring (bicyclic) bond motifs is 1. The van der Waals surface area contributed by atoms with E-state index in [0.29, 0.717) is 25.3 Å². The Bertz CT molecular complexity index is 690. The second-order valence-electron chi connectivity index (χ2n) is 5.42. The minimum absolute atomic E-state index is 0.0619. The Morgan fingerprint density at radius 2 is 1.96 bits per heavy atom. The Kier molecular flexibility index (Phi) is 4.76. The normalized spacial score (nSPS) is 13.2. The summed E-state index contributed by atoms with van der Waals surface area (Å²) >= 11 is 0.